The molecular formula is C16H14N4O2. The van der Waals surface area contributed by atoms with Crippen LogP contribution >= 0.6 is 0 Å². The molecule has 1 unspecified atom stereocenters. The Bertz CT molecular complexity index is 871. The van der Waals surface area contributed by atoms with Crippen LogP contribution in [0.3, 0.4) is 0 Å². The van der Waals surface area contributed by atoms with E-state index in [1.54, 1.807) is 11.8 Å². The summed E-state index contributed by atoms with van der Waals surface area (Å²) in [6.45, 7) is 0. The van der Waals surface area contributed by atoms with Crippen LogP contribution in [0.5, 0.6) is 5.75 Å². The Balaban J connectivity index is 2.00. The van der Waals surface area contributed by atoms with E-state index in [-0.39, 0.29) is 11.9 Å². The summed E-state index contributed by atoms with van der Waals surface area (Å²) in [6, 6.07) is 11.8. The second kappa shape index (κ2) is 4.84. The number of nitrogens with zero attached hydrogens (tertiary/aromatic N) is 3. The van der Waals surface area contributed by atoms with E-state index in [4.69, 9.17) is 4.74 Å². The Labute approximate surface area is 126 Å². The van der Waals surface area contributed by atoms with Crippen molar-refractivity contribution in [3.8, 4) is 5.75 Å². The molecule has 1 aromatic heterocycles. The molecule has 0 fully saturated rings. The Kier molecular flexibility index (Phi) is 2.82. The zero-order chi connectivity index (χ0) is 15.1. The van der Waals surface area contributed by atoms with Gasteiger partial charge in [-0.15, -0.1) is 0 Å². The Morgan fingerprint density at radius 1 is 1.27 bits per heavy atom. The van der Waals surface area contributed by atoms with Crippen LogP contribution in [-0.4, -0.2) is 27.8 Å². The number of rotatable bonds is 2. The van der Waals surface area contributed by atoms with E-state index in [1.165, 1.54) is 6.33 Å². The summed E-state index contributed by atoms with van der Waals surface area (Å²) in [6.07, 6.45) is 1.76. The molecule has 4 rings (SSSR count). The number of carbonyl (C=O) groups is 1. The van der Waals surface area contributed by atoms with Crippen molar-refractivity contribution in [2.24, 2.45) is 0 Å². The molecule has 0 saturated carbocycles. The minimum atomic E-state index is -0.229. The quantitative estimate of drug-likeness (QED) is 0.788. The highest BCUT2D eigenvalue weighted by atomic mass is 16.5. The number of benzene rings is 2. The zero-order valence-electron chi connectivity index (χ0n) is 12.0. The lowest BCUT2D eigenvalue weighted by Gasteiger charge is -2.26. The molecule has 2 heterocycles. The Morgan fingerprint density at radius 2 is 2.14 bits per heavy atom. The number of hydrogen-bond donors (Lipinski definition) is 1. The number of methoxy groups -OCH3 is 1. The lowest BCUT2D eigenvalue weighted by Crippen LogP contribution is -2.29. The molecule has 2 aromatic carbocycles. The van der Waals surface area contributed by atoms with Gasteiger partial charge >= 0.3 is 0 Å². The van der Waals surface area contributed by atoms with Crippen LogP contribution in [0.25, 0.3) is 10.8 Å². The highest BCUT2D eigenvalue weighted by molar-refractivity contribution is 5.93. The van der Waals surface area contributed by atoms with Crippen LogP contribution < -0.4 is 10.1 Å². The zero-order valence-corrected chi connectivity index (χ0v) is 12.0. The van der Waals surface area contributed by atoms with E-state index in [9.17, 15) is 4.79 Å². The lowest BCUT2D eigenvalue weighted by molar-refractivity contribution is -0.117. The van der Waals surface area contributed by atoms with Gasteiger partial charge < -0.3 is 4.74 Å². The van der Waals surface area contributed by atoms with Crippen molar-refractivity contribution in [2.45, 2.75) is 12.5 Å². The molecule has 22 heavy (non-hydrogen) atoms. The van der Waals surface area contributed by atoms with Crippen molar-refractivity contribution in [3.63, 3.8) is 0 Å². The number of hydrogen-bond acceptors (Lipinski definition) is 4. The van der Waals surface area contributed by atoms with E-state index in [1.807, 2.05) is 36.4 Å². The van der Waals surface area contributed by atoms with Gasteiger partial charge in [-0.05, 0) is 16.8 Å². The Morgan fingerprint density at radius 3 is 3.00 bits per heavy atom. The van der Waals surface area contributed by atoms with Gasteiger partial charge in [-0.2, -0.15) is 10.1 Å². The summed E-state index contributed by atoms with van der Waals surface area (Å²) < 4.78 is 7.28. The monoisotopic (exact) mass is 294 g/mol. The fourth-order valence-electron chi connectivity index (χ4n) is 3.03. The molecular weight excluding hydrogens is 280 g/mol. The molecule has 1 N–H and O–H groups in total. The van der Waals surface area contributed by atoms with E-state index in [0.29, 0.717) is 12.4 Å². The van der Waals surface area contributed by atoms with Crippen LogP contribution in [0.15, 0.2) is 42.7 Å². The highest BCUT2D eigenvalue weighted by Crippen LogP contribution is 2.38. The van der Waals surface area contributed by atoms with Gasteiger partial charge in [0.25, 0.3) is 0 Å². The van der Waals surface area contributed by atoms with Crippen molar-refractivity contribution in [1.29, 1.82) is 0 Å². The van der Waals surface area contributed by atoms with Crippen molar-refractivity contribution in [3.05, 3.63) is 48.3 Å². The van der Waals surface area contributed by atoms with Gasteiger partial charge in [0.05, 0.1) is 19.6 Å². The largest absolute Gasteiger partial charge is 0.496 e. The molecule has 0 spiro atoms. The first kappa shape index (κ1) is 12.8. The minimum absolute atomic E-state index is 0.0690. The summed E-state index contributed by atoms with van der Waals surface area (Å²) in [5, 5.41) is 9.16. The molecule has 0 bridgehead atoms. The number of fused-ring (bicyclic) bond motifs is 2. The third-order valence-corrected chi connectivity index (χ3v) is 3.98. The van der Waals surface area contributed by atoms with Gasteiger partial charge in [0.15, 0.2) is 0 Å². The normalized spacial score (nSPS) is 17.1. The summed E-state index contributed by atoms with van der Waals surface area (Å²) in [5.41, 5.74) is 0.960. The molecule has 0 saturated heterocycles. The standard InChI is InChI=1S/C16H14N4O2/c1-22-13-7-6-10-4-2-3-5-11(10)15(13)12-8-14(21)19-16-17-9-18-20(12)16/h2-7,9,12H,8H2,1H3,(H,17,18,19,21). The van der Waals surface area contributed by atoms with E-state index in [0.717, 1.165) is 22.1 Å². The molecule has 1 atom stereocenters. The third kappa shape index (κ3) is 1.84. The average molecular weight is 294 g/mol. The summed E-state index contributed by atoms with van der Waals surface area (Å²) in [4.78, 5) is 16.1. The number of amides is 1. The number of ether oxygens (including phenoxy) is 1. The van der Waals surface area contributed by atoms with Crippen LogP contribution in [0, 0.1) is 0 Å². The predicted molar refractivity (Wildman–Crippen MR) is 81.9 cm³/mol. The maximum atomic E-state index is 12.0. The van der Waals surface area contributed by atoms with Gasteiger partial charge in [0.2, 0.25) is 11.9 Å². The fourth-order valence-corrected chi connectivity index (χ4v) is 3.03. The second-order valence-corrected chi connectivity index (χ2v) is 5.20. The third-order valence-electron chi connectivity index (χ3n) is 3.98. The number of anilines is 1. The van der Waals surface area contributed by atoms with Crippen LogP contribution in [0.2, 0.25) is 0 Å². The van der Waals surface area contributed by atoms with Crippen molar-refractivity contribution in [1.82, 2.24) is 14.8 Å². The number of nitrogens with one attached hydrogen (secondary N) is 1. The first-order chi connectivity index (χ1) is 10.8. The number of aromatic nitrogens is 3. The lowest BCUT2D eigenvalue weighted by atomic mass is 9.94. The Hall–Kier alpha value is -2.89. The highest BCUT2D eigenvalue weighted by Gasteiger charge is 2.30. The minimum Gasteiger partial charge on any atom is -0.496 e. The van der Waals surface area contributed by atoms with Gasteiger partial charge in [-0.1, -0.05) is 30.3 Å². The maximum absolute atomic E-state index is 12.0. The van der Waals surface area contributed by atoms with E-state index in [2.05, 4.69) is 15.4 Å². The first-order valence-electron chi connectivity index (χ1n) is 7.03. The van der Waals surface area contributed by atoms with Crippen LogP contribution in [0.4, 0.5) is 5.95 Å². The van der Waals surface area contributed by atoms with E-state index < -0.39 is 0 Å². The second-order valence-electron chi connectivity index (χ2n) is 5.20. The summed E-state index contributed by atoms with van der Waals surface area (Å²) >= 11 is 0. The summed E-state index contributed by atoms with van der Waals surface area (Å²) in [7, 11) is 1.64. The molecule has 3 aromatic rings. The van der Waals surface area contributed by atoms with Crippen LogP contribution in [-0.2, 0) is 4.79 Å². The molecule has 0 radical (unpaired) electrons. The summed E-state index contributed by atoms with van der Waals surface area (Å²) in [5.74, 6) is 1.15. The first-order valence-corrected chi connectivity index (χ1v) is 7.03. The van der Waals surface area contributed by atoms with E-state index >= 15 is 0 Å². The van der Waals surface area contributed by atoms with Gasteiger partial charge in [-0.3, -0.25) is 10.1 Å². The smallest absolute Gasteiger partial charge is 0.229 e. The molecule has 6 heteroatoms. The van der Waals surface area contributed by atoms with Gasteiger partial charge in [0, 0.05) is 5.56 Å². The SMILES string of the molecule is COc1ccc2ccccc2c1C1CC(=O)Nc2ncnn21. The number of carbonyl (C=O) groups excluding carboxylic acids is 1. The van der Waals surface area contributed by atoms with Crippen molar-refractivity contribution in [2.75, 3.05) is 12.4 Å². The topological polar surface area (TPSA) is 69.0 Å². The molecule has 0 aliphatic carbocycles. The fraction of sp³-hybridized carbons (Fsp3) is 0.188. The maximum Gasteiger partial charge on any atom is 0.229 e. The molecule has 1 amide bonds. The van der Waals surface area contributed by atoms with Gasteiger partial charge in [-0.25, -0.2) is 4.68 Å². The molecule has 6 nitrogen and oxygen atoms in total. The molecule has 110 valence electrons. The van der Waals surface area contributed by atoms with Crippen molar-refractivity contribution >= 4 is 22.6 Å². The average Bonchev–Trinajstić information content (AvgIpc) is 3.01. The van der Waals surface area contributed by atoms with Crippen LogP contribution in [0.1, 0.15) is 18.0 Å². The predicted octanol–water partition coefficient (Wildman–Crippen LogP) is 2.37. The van der Waals surface area contributed by atoms with Crippen molar-refractivity contribution < 1.29 is 9.53 Å². The molecule has 1 aliphatic rings. The molecule has 1 aliphatic heterocycles. The van der Waals surface area contributed by atoms with Gasteiger partial charge in [0.1, 0.15) is 12.1 Å².